The summed E-state index contributed by atoms with van der Waals surface area (Å²) in [7, 11) is 0. The fourth-order valence-corrected chi connectivity index (χ4v) is 2.94. The molecule has 33 heavy (non-hydrogen) atoms. The van der Waals surface area contributed by atoms with Gasteiger partial charge in [0, 0.05) is 0 Å². The van der Waals surface area contributed by atoms with Crippen LogP contribution in [0, 0.1) is 79.7 Å². The van der Waals surface area contributed by atoms with E-state index in [2.05, 4.69) is 76.2 Å². The van der Waals surface area contributed by atoms with Gasteiger partial charge < -0.3 is 0 Å². The minimum Gasteiger partial charge on any atom is -0.181 e. The van der Waals surface area contributed by atoms with Crippen molar-refractivity contribution in [1.29, 1.82) is 0 Å². The topological polar surface area (TPSA) is 0 Å². The first-order chi connectivity index (χ1) is 15.2. The molecule has 4 aromatic rings. The van der Waals surface area contributed by atoms with Crippen LogP contribution in [0.2, 0.25) is 0 Å². The molecular weight excluding hydrogens is 432 g/mol. The van der Waals surface area contributed by atoms with Crippen molar-refractivity contribution >= 4 is 0 Å². The van der Waals surface area contributed by atoms with Gasteiger partial charge in [-0.3, -0.25) is 0 Å². The Hall–Kier alpha value is -2.41. The Balaban J connectivity index is 0.000000410. The van der Waals surface area contributed by atoms with Crippen molar-refractivity contribution in [3.05, 3.63) is 142 Å². The van der Waals surface area contributed by atoms with Gasteiger partial charge in [0.05, 0.1) is 0 Å². The van der Waals surface area contributed by atoms with Gasteiger partial charge in [-0.15, -0.1) is 0 Å². The molecule has 1 heteroatoms. The number of rotatable bonds is 0. The van der Waals surface area contributed by atoms with Gasteiger partial charge in [0.15, 0.2) is 0 Å². The zero-order valence-corrected chi connectivity index (χ0v) is 23.0. The van der Waals surface area contributed by atoms with Crippen molar-refractivity contribution in [2.24, 2.45) is 0 Å². The number of hydrogen-bond donors (Lipinski definition) is 0. The summed E-state index contributed by atoms with van der Waals surface area (Å²) in [5.41, 5.74) is 10.1. The molecule has 0 saturated carbocycles. The SMILES string of the molecule is Cc1[c-]ccc(C)c1.Cc1[c-]ccc(C)c1.Cc1[c-]ccc(C)c1.Cc1[c-]ccc(C)c1.[Ti+4]. The second kappa shape index (κ2) is 17.1. The van der Waals surface area contributed by atoms with E-state index in [0.717, 1.165) is 0 Å². The van der Waals surface area contributed by atoms with Gasteiger partial charge in [0.2, 0.25) is 0 Å². The summed E-state index contributed by atoms with van der Waals surface area (Å²) in [6.07, 6.45) is 0. The van der Waals surface area contributed by atoms with E-state index >= 15 is 0 Å². The van der Waals surface area contributed by atoms with Crippen molar-refractivity contribution in [3.63, 3.8) is 0 Å². The molecule has 0 bridgehead atoms. The van der Waals surface area contributed by atoms with Crippen LogP contribution in [0.4, 0.5) is 0 Å². The van der Waals surface area contributed by atoms with Crippen LogP contribution in [-0.4, -0.2) is 0 Å². The molecule has 0 aromatic heterocycles. The summed E-state index contributed by atoms with van der Waals surface area (Å²) in [5, 5.41) is 0. The van der Waals surface area contributed by atoms with Crippen molar-refractivity contribution in [2.45, 2.75) is 55.4 Å². The Labute approximate surface area is 218 Å². The van der Waals surface area contributed by atoms with Crippen LogP contribution in [0.1, 0.15) is 44.5 Å². The third-order valence-corrected chi connectivity index (χ3v) is 4.41. The first-order valence-corrected chi connectivity index (χ1v) is 11.0. The molecule has 0 saturated heterocycles. The van der Waals surface area contributed by atoms with Crippen LogP contribution in [0.15, 0.2) is 72.8 Å². The van der Waals surface area contributed by atoms with Gasteiger partial charge >= 0.3 is 21.7 Å². The molecule has 0 aliphatic heterocycles. The predicted octanol–water partition coefficient (Wildman–Crippen LogP) is 8.41. The van der Waals surface area contributed by atoms with E-state index in [4.69, 9.17) is 0 Å². The van der Waals surface area contributed by atoms with Crippen LogP contribution in [-0.2, 0) is 21.7 Å². The third kappa shape index (κ3) is 15.9. The molecule has 0 heterocycles. The second-order valence-corrected chi connectivity index (χ2v) is 8.20. The van der Waals surface area contributed by atoms with Gasteiger partial charge in [-0.25, -0.2) is 0 Å². The summed E-state index contributed by atoms with van der Waals surface area (Å²) in [5.74, 6) is 0. The van der Waals surface area contributed by atoms with Crippen molar-refractivity contribution in [2.75, 3.05) is 0 Å². The average molecular weight is 469 g/mol. The first-order valence-electron chi connectivity index (χ1n) is 11.0. The molecule has 0 amide bonds. The maximum atomic E-state index is 3.07. The molecule has 168 valence electrons. The quantitative estimate of drug-likeness (QED) is 0.180. The van der Waals surface area contributed by atoms with Crippen LogP contribution in [0.25, 0.3) is 0 Å². The Kier molecular flexibility index (Phi) is 15.9. The molecule has 0 atom stereocenters. The van der Waals surface area contributed by atoms with Crippen molar-refractivity contribution in [3.8, 4) is 0 Å². The van der Waals surface area contributed by atoms with Crippen molar-refractivity contribution in [1.82, 2.24) is 0 Å². The molecule has 0 nitrogen and oxygen atoms in total. The molecule has 0 N–H and O–H groups in total. The van der Waals surface area contributed by atoms with Crippen molar-refractivity contribution < 1.29 is 21.7 Å². The van der Waals surface area contributed by atoms with Crippen LogP contribution in [0.5, 0.6) is 0 Å². The number of aryl methyl sites for hydroxylation is 8. The van der Waals surface area contributed by atoms with E-state index in [1.54, 1.807) is 0 Å². The normalized spacial score (nSPS) is 8.97. The van der Waals surface area contributed by atoms with E-state index in [1.807, 2.05) is 76.2 Å². The molecular formula is C32H36Ti. The first kappa shape index (κ1) is 30.6. The van der Waals surface area contributed by atoms with Gasteiger partial charge in [-0.2, -0.15) is 142 Å². The summed E-state index contributed by atoms with van der Waals surface area (Å²) in [6, 6.07) is 36.7. The Morgan fingerprint density at radius 2 is 0.545 bits per heavy atom. The monoisotopic (exact) mass is 468 g/mol. The van der Waals surface area contributed by atoms with E-state index in [9.17, 15) is 0 Å². The third-order valence-electron chi connectivity index (χ3n) is 4.41. The number of hydrogen-bond acceptors (Lipinski definition) is 0. The molecule has 0 radical (unpaired) electrons. The molecule has 4 aromatic carbocycles. The van der Waals surface area contributed by atoms with Gasteiger partial charge in [-0.05, 0) is 0 Å². The minimum absolute atomic E-state index is 0. The maximum absolute atomic E-state index is 3.07. The molecule has 0 spiro atoms. The van der Waals surface area contributed by atoms with Crippen LogP contribution >= 0.6 is 0 Å². The molecule has 4 rings (SSSR count). The Morgan fingerprint density at radius 3 is 0.636 bits per heavy atom. The van der Waals surface area contributed by atoms with Crippen LogP contribution in [0.3, 0.4) is 0 Å². The molecule has 0 fully saturated rings. The summed E-state index contributed by atoms with van der Waals surface area (Å²) in [4.78, 5) is 0. The summed E-state index contributed by atoms with van der Waals surface area (Å²) >= 11 is 0. The second-order valence-electron chi connectivity index (χ2n) is 8.20. The predicted molar refractivity (Wildman–Crippen MR) is 139 cm³/mol. The minimum atomic E-state index is 0. The van der Waals surface area contributed by atoms with E-state index in [-0.39, 0.29) is 21.7 Å². The fourth-order valence-electron chi connectivity index (χ4n) is 2.94. The smallest absolute Gasteiger partial charge is 0.181 e. The van der Waals surface area contributed by atoms with Gasteiger partial charge in [0.1, 0.15) is 0 Å². The van der Waals surface area contributed by atoms with Gasteiger partial charge in [0.25, 0.3) is 0 Å². The zero-order chi connectivity index (χ0) is 23.9. The fraction of sp³-hybridized carbons (Fsp3) is 0.250. The Bertz CT molecular complexity index is 820. The van der Waals surface area contributed by atoms with E-state index in [1.165, 1.54) is 44.5 Å². The average Bonchev–Trinajstić information content (AvgIpc) is 2.69. The largest absolute Gasteiger partial charge is 4.00 e. The number of benzene rings is 4. The van der Waals surface area contributed by atoms with Gasteiger partial charge in [-0.1, -0.05) is 55.4 Å². The standard InChI is InChI=1S/4C8H9.Ti/c4*1-7-4-3-5-8(2)6-7;/h4*3-4,6H,1-2H3;/q4*-1;+4. The maximum Gasteiger partial charge on any atom is 4.00 e. The van der Waals surface area contributed by atoms with Crippen LogP contribution < -0.4 is 0 Å². The summed E-state index contributed by atoms with van der Waals surface area (Å²) < 4.78 is 0. The molecule has 0 aliphatic rings. The Morgan fingerprint density at radius 1 is 0.364 bits per heavy atom. The van der Waals surface area contributed by atoms with E-state index in [0.29, 0.717) is 0 Å². The summed E-state index contributed by atoms with van der Waals surface area (Å²) in [6.45, 7) is 16.5. The van der Waals surface area contributed by atoms with E-state index < -0.39 is 0 Å². The molecule has 0 unspecified atom stereocenters. The molecule has 0 aliphatic carbocycles. The zero-order valence-electron chi connectivity index (χ0n) is 21.4.